The zero-order valence-electron chi connectivity index (χ0n) is 69.1. The lowest BCUT2D eigenvalue weighted by atomic mass is 9.98. The fourth-order valence-electron chi connectivity index (χ4n) is 18.3. The Balaban J connectivity index is 0.0000000934. The maximum Gasteiger partial charge on any atom is 0.294 e. The highest BCUT2D eigenvalue weighted by molar-refractivity contribution is 6.15. The van der Waals surface area contributed by atoms with Crippen LogP contribution in [0.15, 0.2) is 345 Å². The second kappa shape index (κ2) is 29.0. The van der Waals surface area contributed by atoms with E-state index in [2.05, 4.69) is 364 Å². The van der Waals surface area contributed by atoms with Crippen LogP contribution in [0, 0.1) is 41.5 Å². The molecule has 25 rings (SSSR count). The highest BCUT2D eigenvalue weighted by Crippen LogP contribution is 2.45. The topological polar surface area (TPSA) is 121 Å². The van der Waals surface area contributed by atoms with Crippen molar-refractivity contribution in [1.29, 1.82) is 0 Å². The number of aromatic nitrogens is 11. The number of furan rings is 5. The van der Waals surface area contributed by atoms with E-state index in [1.807, 2.05) is 85.8 Å². The molecular formula is C105H86N11O5+5. The molecule has 0 aliphatic rings. The molecule has 0 saturated carbocycles. The Morgan fingerprint density at radius 3 is 1.39 bits per heavy atom. The van der Waals surface area contributed by atoms with E-state index in [0.29, 0.717) is 5.71 Å². The van der Waals surface area contributed by atoms with Crippen LogP contribution in [0.3, 0.4) is 0 Å². The van der Waals surface area contributed by atoms with E-state index < -0.39 is 0 Å². The van der Waals surface area contributed by atoms with Crippen molar-refractivity contribution in [2.45, 2.75) is 41.5 Å². The number of hydrogen-bond acceptors (Lipinski definition) is 6. The van der Waals surface area contributed by atoms with Gasteiger partial charge in [0.05, 0.1) is 99.4 Å². The van der Waals surface area contributed by atoms with Gasteiger partial charge in [0, 0.05) is 88.9 Å². The van der Waals surface area contributed by atoms with Crippen molar-refractivity contribution in [3.63, 3.8) is 0 Å². The van der Waals surface area contributed by atoms with Gasteiger partial charge in [0.15, 0.2) is 29.5 Å². The Morgan fingerprint density at radius 1 is 0.331 bits per heavy atom. The van der Waals surface area contributed by atoms with Crippen molar-refractivity contribution >= 4 is 138 Å². The van der Waals surface area contributed by atoms with E-state index in [9.17, 15) is 0 Å². The average Bonchev–Trinajstić information content (AvgIpc) is 1.51. The van der Waals surface area contributed by atoms with Crippen molar-refractivity contribution in [2.75, 3.05) is 0 Å². The number of aryl methyl sites for hydroxylation is 11. The van der Waals surface area contributed by atoms with E-state index in [4.69, 9.17) is 22.1 Å². The molecule has 0 radical (unpaired) electrons. The summed E-state index contributed by atoms with van der Waals surface area (Å²) in [5.41, 5.74) is 33.7. The third-order valence-electron chi connectivity index (χ3n) is 24.2. The summed E-state index contributed by atoms with van der Waals surface area (Å²) in [5.74, 6) is 0. The van der Waals surface area contributed by atoms with Gasteiger partial charge in [-0.25, -0.2) is 40.9 Å². The summed E-state index contributed by atoms with van der Waals surface area (Å²) in [5, 5.41) is 11.5. The molecule has 0 amide bonds. The summed E-state index contributed by atoms with van der Waals surface area (Å²) in [7, 11) is 10.4. The molecule has 0 fully saturated rings. The molecule has 121 heavy (non-hydrogen) atoms. The van der Waals surface area contributed by atoms with E-state index in [1.54, 1.807) is 0 Å². The first-order valence-electron chi connectivity index (χ1n) is 40.8. The van der Waals surface area contributed by atoms with Gasteiger partial charge < -0.3 is 22.1 Å². The maximum absolute atomic E-state index is 6.27. The minimum absolute atomic E-state index is 0.702. The summed E-state index contributed by atoms with van der Waals surface area (Å²) >= 11 is 0. The van der Waals surface area contributed by atoms with Gasteiger partial charge in [-0.05, 0) is 154 Å². The van der Waals surface area contributed by atoms with Gasteiger partial charge in [-0.15, -0.1) is 9.20 Å². The van der Waals surface area contributed by atoms with Crippen molar-refractivity contribution in [3.05, 3.63) is 357 Å². The quantitative estimate of drug-likeness (QED) is 0.158. The van der Waals surface area contributed by atoms with Crippen LogP contribution in [-0.4, -0.2) is 27.3 Å². The van der Waals surface area contributed by atoms with Crippen LogP contribution in [0.5, 0.6) is 0 Å². The summed E-state index contributed by atoms with van der Waals surface area (Å²) in [6.07, 6.45) is 23.0. The van der Waals surface area contributed by atoms with Gasteiger partial charge in [0.25, 0.3) is 16.9 Å². The Kier molecular flexibility index (Phi) is 17.6. The summed E-state index contributed by atoms with van der Waals surface area (Å²) in [6, 6.07) is 88.2. The molecule has 0 atom stereocenters. The molecular weight excluding hydrogens is 1500 g/mol. The largest absolute Gasteiger partial charge is 0.455 e. The Morgan fingerprint density at radius 2 is 0.793 bits per heavy atom. The smallest absolute Gasteiger partial charge is 0.294 e. The molecule has 0 unspecified atom stereocenters. The third-order valence-corrected chi connectivity index (χ3v) is 24.2. The minimum atomic E-state index is 0.702. The molecule has 16 heterocycles. The molecule has 0 aliphatic carbocycles. The third kappa shape index (κ3) is 12.1. The fourth-order valence-corrected chi connectivity index (χ4v) is 18.3. The number of fused-ring (bicyclic) bond motifs is 20. The number of imidazole rings is 3. The van der Waals surface area contributed by atoms with Crippen LogP contribution in [0.1, 0.15) is 33.5 Å². The van der Waals surface area contributed by atoms with Crippen LogP contribution >= 0.6 is 0 Å². The van der Waals surface area contributed by atoms with Gasteiger partial charge in [0.2, 0.25) is 17.7 Å². The second-order valence-electron chi connectivity index (χ2n) is 31.7. The van der Waals surface area contributed by atoms with Gasteiger partial charge >= 0.3 is 0 Å². The van der Waals surface area contributed by atoms with Crippen LogP contribution in [0.4, 0.5) is 0 Å². The van der Waals surface area contributed by atoms with Crippen LogP contribution in [0.25, 0.3) is 194 Å². The molecule has 0 aliphatic heterocycles. The molecule has 0 bridgehead atoms. The molecule has 16 nitrogen and oxygen atoms in total. The Hall–Kier alpha value is -15.4. The van der Waals surface area contributed by atoms with E-state index >= 15 is 0 Å². The van der Waals surface area contributed by atoms with E-state index in [0.717, 1.165) is 112 Å². The predicted octanol–water partition coefficient (Wildman–Crippen LogP) is 22.9. The predicted molar refractivity (Wildman–Crippen MR) is 483 cm³/mol. The van der Waals surface area contributed by atoms with Gasteiger partial charge in [-0.2, -0.15) is 0 Å². The van der Waals surface area contributed by atoms with Crippen molar-refractivity contribution in [2.24, 2.45) is 35.2 Å². The molecule has 9 aromatic carbocycles. The number of pyridine rings is 5. The van der Waals surface area contributed by atoms with Crippen LogP contribution < -0.4 is 22.8 Å². The zero-order chi connectivity index (χ0) is 82.2. The number of nitrogens with zero attached hydrogens (tertiary/aromatic N) is 11. The number of hydrogen-bond donors (Lipinski definition) is 0. The van der Waals surface area contributed by atoms with E-state index in [1.165, 1.54) is 110 Å². The molecule has 0 spiro atoms. The molecule has 0 saturated heterocycles. The molecule has 25 aromatic rings. The summed E-state index contributed by atoms with van der Waals surface area (Å²) in [4.78, 5) is 4.56. The lowest BCUT2D eigenvalue weighted by Gasteiger charge is -2.07. The van der Waals surface area contributed by atoms with Crippen molar-refractivity contribution in [1.82, 2.24) is 27.3 Å². The lowest BCUT2D eigenvalue weighted by molar-refractivity contribution is -0.727. The number of para-hydroxylation sites is 4. The second-order valence-corrected chi connectivity index (χ2v) is 31.7. The lowest BCUT2D eigenvalue weighted by Crippen LogP contribution is -2.36. The average molecular weight is 1580 g/mol. The highest BCUT2D eigenvalue weighted by Gasteiger charge is 2.29. The Labute approximate surface area is 695 Å². The van der Waals surface area contributed by atoms with Crippen LogP contribution in [-0.2, 0) is 35.2 Å². The molecule has 0 N–H and O–H groups in total. The SMILES string of the molecule is Cc1ccc2c(n1)oc1c(-c3cc4ccccn4[n+]3C)c(C)ccc12.Cc1ccc2c(oc3ccccc32)c1-c1c2ccccn2c[n+]1C.Cc1ccc2c(oc3ccccc32)c1-c1c[n+]2ccccc2n1C.Cc1ccc2c(oc3ccccc32)c1-c1cccn2cc[n+](C)c12.Cc1ccc2c(oc3ccccc32)c1-c1ccn2ccc[n+](C)c12. The summed E-state index contributed by atoms with van der Waals surface area (Å²) < 4.78 is 52.8. The summed E-state index contributed by atoms with van der Waals surface area (Å²) in [6.45, 7) is 12.7. The van der Waals surface area contributed by atoms with Crippen LogP contribution in [0.2, 0.25) is 0 Å². The number of rotatable bonds is 5. The van der Waals surface area contributed by atoms with Crippen molar-refractivity contribution in [3.8, 4) is 56.0 Å². The molecule has 16 heteroatoms. The minimum Gasteiger partial charge on any atom is -0.455 e. The van der Waals surface area contributed by atoms with Gasteiger partial charge in [0.1, 0.15) is 68.8 Å². The van der Waals surface area contributed by atoms with Crippen molar-refractivity contribution < 1.29 is 44.9 Å². The fraction of sp³-hybridized carbons (Fsp3) is 0.105. The van der Waals surface area contributed by atoms with Gasteiger partial charge in [-0.3, -0.25) is 0 Å². The maximum atomic E-state index is 6.27. The zero-order valence-corrected chi connectivity index (χ0v) is 69.1. The highest BCUT2D eigenvalue weighted by atomic mass is 16.3. The molecule has 16 aromatic heterocycles. The first kappa shape index (κ1) is 73.2. The first-order valence-corrected chi connectivity index (χ1v) is 40.8. The van der Waals surface area contributed by atoms with Gasteiger partial charge in [-0.1, -0.05) is 152 Å². The standard InChI is InChI=1S/C21H18N3O.4C21H17N2O/c1-13-7-9-16-17-10-8-14(2)22-21(17)25-20(16)19(13)18-12-15-6-4-5-11-24(15)23(18)3;1-14-10-11-16-15-7-3-4-9-18(15)24-21(16)19(14)20-17-8-5-6-12-23(17)13-22(20)2;1-14-10-11-16-15-7-3-4-8-18(15)24-21(16)20(14)17-13-23-12-6-5-9-19(23)22(17)2;1-14-9-10-16-15-6-3-4-8-18(15)24-20(16)19(14)17-7-5-11-23-13-12-22(2)21(17)23;1-14-8-9-16-15-6-3-4-7-18(15)24-20(16)19(14)17-10-13-23-12-5-11-22(2)21(17)23/h4-12H,1-3H3;4*3-13H,1-2H3/q5*+1. The monoisotopic (exact) mass is 1580 g/mol. The number of benzene rings is 9. The normalized spacial score (nSPS) is 11.8. The first-order chi connectivity index (χ1) is 59.1. The molecule has 586 valence electrons. The van der Waals surface area contributed by atoms with E-state index in [-0.39, 0.29) is 0 Å². The Bertz CT molecular complexity index is 8460.